The number of ether oxygens (including phenoxy) is 1. The summed E-state index contributed by atoms with van der Waals surface area (Å²) in [6.07, 6.45) is 0.980. The van der Waals surface area contributed by atoms with Gasteiger partial charge >= 0.3 is 0 Å². The van der Waals surface area contributed by atoms with Crippen molar-refractivity contribution in [3.63, 3.8) is 0 Å². The van der Waals surface area contributed by atoms with Gasteiger partial charge in [0.05, 0.1) is 12.2 Å². The lowest BCUT2D eigenvalue weighted by molar-refractivity contribution is 0.0624. The van der Waals surface area contributed by atoms with E-state index in [-0.39, 0.29) is 11.5 Å². The van der Waals surface area contributed by atoms with E-state index in [2.05, 4.69) is 23.1 Å². The van der Waals surface area contributed by atoms with E-state index in [0.717, 1.165) is 38.4 Å². The molecule has 2 aromatic carbocycles. The molecule has 0 saturated carbocycles. The fourth-order valence-electron chi connectivity index (χ4n) is 3.51. The van der Waals surface area contributed by atoms with Crippen LogP contribution in [0.4, 0.5) is 4.39 Å². The van der Waals surface area contributed by atoms with Crippen LogP contribution in [-0.2, 0) is 13.0 Å². The highest BCUT2D eigenvalue weighted by atomic mass is 19.1. The number of piperazine rings is 1. The van der Waals surface area contributed by atoms with E-state index >= 15 is 0 Å². The molecule has 2 aromatic rings. The largest absolute Gasteiger partial charge is 0.493 e. The molecule has 0 bridgehead atoms. The van der Waals surface area contributed by atoms with Crippen molar-refractivity contribution in [1.82, 2.24) is 9.80 Å². The summed E-state index contributed by atoms with van der Waals surface area (Å²) in [6, 6.07) is 12.6. The molecule has 4 nitrogen and oxygen atoms in total. The Morgan fingerprint density at radius 1 is 1.08 bits per heavy atom. The van der Waals surface area contributed by atoms with Crippen molar-refractivity contribution in [3.8, 4) is 5.75 Å². The van der Waals surface area contributed by atoms with Crippen molar-refractivity contribution < 1.29 is 13.9 Å². The highest BCUT2D eigenvalue weighted by Crippen LogP contribution is 2.26. The van der Waals surface area contributed by atoms with E-state index in [1.54, 1.807) is 23.1 Å². The van der Waals surface area contributed by atoms with Gasteiger partial charge in [0.15, 0.2) is 0 Å². The maximum Gasteiger partial charge on any atom is 0.256 e. The number of carbonyl (C=O) groups excluding carboxylic acids is 1. The number of hydrogen-bond donors (Lipinski definition) is 0. The van der Waals surface area contributed by atoms with E-state index < -0.39 is 5.82 Å². The fourth-order valence-corrected chi connectivity index (χ4v) is 3.51. The number of nitrogens with zero attached hydrogens (tertiary/aromatic N) is 2. The number of carbonyl (C=O) groups is 1. The molecule has 0 radical (unpaired) electrons. The third-order valence-corrected chi connectivity index (χ3v) is 4.92. The monoisotopic (exact) mass is 340 g/mol. The number of benzene rings is 2. The molecule has 2 aliphatic heterocycles. The van der Waals surface area contributed by atoms with Crippen LogP contribution in [0.5, 0.6) is 5.75 Å². The van der Waals surface area contributed by atoms with Crippen LogP contribution in [0.1, 0.15) is 21.5 Å². The van der Waals surface area contributed by atoms with Crippen molar-refractivity contribution >= 4 is 5.91 Å². The molecule has 0 aromatic heterocycles. The zero-order valence-electron chi connectivity index (χ0n) is 14.1. The van der Waals surface area contributed by atoms with Gasteiger partial charge in [-0.3, -0.25) is 9.69 Å². The molecule has 2 aliphatic rings. The molecule has 0 atom stereocenters. The van der Waals surface area contributed by atoms with Gasteiger partial charge in [-0.2, -0.15) is 0 Å². The van der Waals surface area contributed by atoms with E-state index in [4.69, 9.17) is 4.74 Å². The van der Waals surface area contributed by atoms with Gasteiger partial charge in [-0.25, -0.2) is 4.39 Å². The predicted molar refractivity (Wildman–Crippen MR) is 93.2 cm³/mol. The first-order valence-corrected chi connectivity index (χ1v) is 8.71. The molecule has 0 N–H and O–H groups in total. The van der Waals surface area contributed by atoms with Crippen LogP contribution in [0, 0.1) is 5.82 Å². The van der Waals surface area contributed by atoms with E-state index in [1.807, 2.05) is 0 Å². The summed E-state index contributed by atoms with van der Waals surface area (Å²) >= 11 is 0. The van der Waals surface area contributed by atoms with Gasteiger partial charge in [-0.05, 0) is 29.3 Å². The first kappa shape index (κ1) is 16.1. The minimum Gasteiger partial charge on any atom is -0.493 e. The van der Waals surface area contributed by atoms with Crippen LogP contribution in [0.2, 0.25) is 0 Å². The van der Waals surface area contributed by atoms with Gasteiger partial charge in [0.1, 0.15) is 11.6 Å². The Bertz CT molecular complexity index is 785. The molecular weight excluding hydrogens is 319 g/mol. The predicted octanol–water partition coefficient (Wildman–Crippen LogP) is 2.72. The number of halogens is 1. The van der Waals surface area contributed by atoms with Crippen LogP contribution < -0.4 is 4.74 Å². The molecule has 0 aliphatic carbocycles. The standard InChI is InChI=1S/C20H21FN2O2/c21-18-4-2-1-3-17(18)20(24)23-10-8-22(9-11-23)14-15-5-6-19-16(13-15)7-12-25-19/h1-6,13H,7-12,14H2. The minimum absolute atomic E-state index is 0.162. The SMILES string of the molecule is O=C(c1ccccc1F)N1CCN(Cc2ccc3c(c2)CCO3)CC1. The zero-order chi connectivity index (χ0) is 17.2. The second-order valence-corrected chi connectivity index (χ2v) is 6.59. The maximum atomic E-state index is 13.8. The van der Waals surface area contributed by atoms with Crippen molar-refractivity contribution in [3.05, 3.63) is 65.0 Å². The fraction of sp³-hybridized carbons (Fsp3) is 0.350. The molecule has 130 valence electrons. The Kier molecular flexibility index (Phi) is 4.40. The first-order chi connectivity index (χ1) is 12.2. The summed E-state index contributed by atoms with van der Waals surface area (Å²) in [5.74, 6) is 0.340. The Morgan fingerprint density at radius 3 is 2.68 bits per heavy atom. The van der Waals surface area contributed by atoms with Crippen LogP contribution in [0.3, 0.4) is 0 Å². The molecular formula is C20H21FN2O2. The summed E-state index contributed by atoms with van der Waals surface area (Å²) in [5, 5.41) is 0. The normalized spacial score (nSPS) is 17.2. The van der Waals surface area contributed by atoms with Gasteiger partial charge in [0.25, 0.3) is 5.91 Å². The summed E-state index contributed by atoms with van der Waals surface area (Å²) in [4.78, 5) is 16.5. The second-order valence-electron chi connectivity index (χ2n) is 6.59. The van der Waals surface area contributed by atoms with Crippen molar-refractivity contribution in [2.75, 3.05) is 32.8 Å². The van der Waals surface area contributed by atoms with Crippen LogP contribution >= 0.6 is 0 Å². The molecule has 2 heterocycles. The lowest BCUT2D eigenvalue weighted by Gasteiger charge is -2.34. The van der Waals surface area contributed by atoms with Crippen molar-refractivity contribution in [2.45, 2.75) is 13.0 Å². The Balaban J connectivity index is 1.35. The third kappa shape index (κ3) is 3.37. The average Bonchev–Trinajstić information content (AvgIpc) is 3.10. The molecule has 4 rings (SSSR count). The highest BCUT2D eigenvalue weighted by molar-refractivity contribution is 5.94. The lowest BCUT2D eigenvalue weighted by Crippen LogP contribution is -2.48. The summed E-state index contributed by atoms with van der Waals surface area (Å²) in [5.41, 5.74) is 2.72. The molecule has 0 unspecified atom stereocenters. The molecule has 1 fully saturated rings. The lowest BCUT2D eigenvalue weighted by atomic mass is 10.1. The molecule has 5 heteroatoms. The van der Waals surface area contributed by atoms with Gasteiger partial charge in [0.2, 0.25) is 0 Å². The van der Waals surface area contributed by atoms with Crippen LogP contribution in [0.15, 0.2) is 42.5 Å². The molecule has 1 saturated heterocycles. The van der Waals surface area contributed by atoms with Gasteiger partial charge in [-0.1, -0.05) is 24.3 Å². The van der Waals surface area contributed by atoms with Gasteiger partial charge in [0, 0.05) is 39.1 Å². The van der Waals surface area contributed by atoms with Gasteiger partial charge in [-0.15, -0.1) is 0 Å². The van der Waals surface area contributed by atoms with E-state index in [9.17, 15) is 9.18 Å². The maximum absolute atomic E-state index is 13.8. The Labute approximate surface area is 146 Å². The summed E-state index contributed by atoms with van der Waals surface area (Å²) in [6.45, 7) is 4.49. The summed E-state index contributed by atoms with van der Waals surface area (Å²) < 4.78 is 19.3. The number of fused-ring (bicyclic) bond motifs is 1. The Morgan fingerprint density at radius 2 is 1.88 bits per heavy atom. The number of hydrogen-bond acceptors (Lipinski definition) is 3. The third-order valence-electron chi connectivity index (χ3n) is 4.92. The second kappa shape index (κ2) is 6.84. The number of rotatable bonds is 3. The van der Waals surface area contributed by atoms with Crippen molar-refractivity contribution in [2.24, 2.45) is 0 Å². The van der Waals surface area contributed by atoms with Crippen LogP contribution in [-0.4, -0.2) is 48.5 Å². The van der Waals surface area contributed by atoms with E-state index in [0.29, 0.717) is 13.1 Å². The van der Waals surface area contributed by atoms with Gasteiger partial charge < -0.3 is 9.64 Å². The first-order valence-electron chi connectivity index (χ1n) is 8.71. The summed E-state index contributed by atoms with van der Waals surface area (Å²) in [7, 11) is 0. The molecule has 0 spiro atoms. The number of amides is 1. The topological polar surface area (TPSA) is 32.8 Å². The molecule has 1 amide bonds. The quantitative estimate of drug-likeness (QED) is 0.861. The van der Waals surface area contributed by atoms with Crippen LogP contribution in [0.25, 0.3) is 0 Å². The average molecular weight is 340 g/mol. The molecule has 25 heavy (non-hydrogen) atoms. The smallest absolute Gasteiger partial charge is 0.256 e. The minimum atomic E-state index is -0.449. The highest BCUT2D eigenvalue weighted by Gasteiger charge is 2.24. The Hall–Kier alpha value is -2.40. The van der Waals surface area contributed by atoms with Crippen molar-refractivity contribution in [1.29, 1.82) is 0 Å². The zero-order valence-corrected chi connectivity index (χ0v) is 14.1. The van der Waals surface area contributed by atoms with E-state index in [1.165, 1.54) is 17.2 Å².